The molecule has 0 unspecified atom stereocenters. The van der Waals surface area contributed by atoms with Gasteiger partial charge >= 0.3 is 0 Å². The molecule has 1 aromatic heterocycles. The molecule has 1 fully saturated rings. The van der Waals surface area contributed by atoms with E-state index >= 15 is 0 Å². The fraction of sp³-hybridized carbons (Fsp3) is 0.391. The number of hydrogen-bond donors (Lipinski definition) is 0. The van der Waals surface area contributed by atoms with Crippen molar-refractivity contribution >= 4 is 11.8 Å². The van der Waals surface area contributed by atoms with Crippen LogP contribution >= 0.6 is 11.8 Å². The van der Waals surface area contributed by atoms with Gasteiger partial charge in [0, 0.05) is 17.4 Å². The monoisotopic (exact) mass is 409 g/mol. The molecule has 1 heterocycles. The number of nitrogens with zero attached hydrogens (tertiary/aromatic N) is 3. The molecule has 1 saturated carbocycles. The van der Waals surface area contributed by atoms with Crippen molar-refractivity contribution in [2.75, 3.05) is 14.2 Å². The van der Waals surface area contributed by atoms with Gasteiger partial charge in [-0.15, -0.1) is 10.2 Å². The summed E-state index contributed by atoms with van der Waals surface area (Å²) in [6.45, 7) is 0. The fourth-order valence-corrected chi connectivity index (χ4v) is 4.84. The van der Waals surface area contributed by atoms with E-state index < -0.39 is 0 Å². The second-order valence-corrected chi connectivity index (χ2v) is 8.28. The van der Waals surface area contributed by atoms with Crippen LogP contribution in [-0.2, 0) is 5.75 Å². The molecule has 1 aliphatic carbocycles. The van der Waals surface area contributed by atoms with Crippen molar-refractivity contribution in [1.29, 1.82) is 0 Å². The van der Waals surface area contributed by atoms with Crippen molar-refractivity contribution in [3.8, 4) is 22.9 Å². The predicted octanol–water partition coefficient (Wildman–Crippen LogP) is 5.76. The lowest BCUT2D eigenvalue weighted by atomic mass is 9.95. The molecule has 0 saturated heterocycles. The summed E-state index contributed by atoms with van der Waals surface area (Å²) in [5.74, 6) is 3.53. The average Bonchev–Trinajstić information content (AvgIpc) is 3.22. The lowest BCUT2D eigenvalue weighted by molar-refractivity contribution is 0.339. The van der Waals surface area contributed by atoms with Crippen LogP contribution in [0.15, 0.2) is 53.7 Å². The molecule has 152 valence electrons. The zero-order valence-corrected chi connectivity index (χ0v) is 17.8. The van der Waals surface area contributed by atoms with Gasteiger partial charge in [-0.1, -0.05) is 43.2 Å². The minimum atomic E-state index is 0.462. The standard InChI is InChI=1S/C23H27N3O2S/c1-27-20-13-11-18(12-14-20)22-24-25-23(26(22)19-8-4-3-5-9-19)29-16-17-7-6-10-21(15-17)28-2/h6-7,10-15,19H,3-5,8-9,16H2,1-2H3. The van der Waals surface area contributed by atoms with Gasteiger partial charge in [-0.25, -0.2) is 0 Å². The fourth-order valence-electron chi connectivity index (χ4n) is 3.89. The molecule has 0 spiro atoms. The second-order valence-electron chi connectivity index (χ2n) is 7.34. The van der Waals surface area contributed by atoms with E-state index in [1.54, 1.807) is 26.0 Å². The molecule has 1 aliphatic rings. The molecule has 3 aromatic rings. The summed E-state index contributed by atoms with van der Waals surface area (Å²) < 4.78 is 13.0. The van der Waals surface area contributed by atoms with E-state index in [4.69, 9.17) is 9.47 Å². The molecule has 0 amide bonds. The molecule has 0 bridgehead atoms. The van der Waals surface area contributed by atoms with Crippen LogP contribution < -0.4 is 9.47 Å². The van der Waals surface area contributed by atoms with Crippen LogP contribution in [0.1, 0.15) is 43.7 Å². The second kappa shape index (κ2) is 9.35. The largest absolute Gasteiger partial charge is 0.497 e. The van der Waals surface area contributed by atoms with Crippen LogP contribution in [0, 0.1) is 0 Å². The third-order valence-electron chi connectivity index (χ3n) is 5.45. The van der Waals surface area contributed by atoms with Crippen molar-refractivity contribution in [3.63, 3.8) is 0 Å². The summed E-state index contributed by atoms with van der Waals surface area (Å²) in [5.41, 5.74) is 2.30. The third kappa shape index (κ3) is 4.58. The quantitative estimate of drug-likeness (QED) is 0.464. The van der Waals surface area contributed by atoms with E-state index in [1.165, 1.54) is 37.7 Å². The van der Waals surface area contributed by atoms with Gasteiger partial charge < -0.3 is 9.47 Å². The first kappa shape index (κ1) is 19.8. The molecule has 29 heavy (non-hydrogen) atoms. The Morgan fingerprint density at radius 2 is 1.69 bits per heavy atom. The Labute approximate surface area is 176 Å². The summed E-state index contributed by atoms with van der Waals surface area (Å²) in [6, 6.07) is 16.8. The van der Waals surface area contributed by atoms with Crippen molar-refractivity contribution in [2.24, 2.45) is 0 Å². The first-order chi connectivity index (χ1) is 14.3. The SMILES string of the molecule is COc1ccc(-c2nnc(SCc3cccc(OC)c3)n2C2CCCCC2)cc1. The Morgan fingerprint density at radius 3 is 2.41 bits per heavy atom. The highest BCUT2D eigenvalue weighted by atomic mass is 32.2. The highest BCUT2D eigenvalue weighted by Crippen LogP contribution is 2.36. The Hall–Kier alpha value is -2.47. The molecule has 0 N–H and O–H groups in total. The molecule has 0 aliphatic heterocycles. The maximum atomic E-state index is 5.35. The number of hydrogen-bond acceptors (Lipinski definition) is 5. The Kier molecular flexibility index (Phi) is 6.39. The topological polar surface area (TPSA) is 49.2 Å². The van der Waals surface area contributed by atoms with Gasteiger partial charge in [-0.05, 0) is 54.8 Å². The molecule has 6 heteroatoms. The molecular formula is C23H27N3O2S. The van der Waals surface area contributed by atoms with Crippen LogP contribution in [0.4, 0.5) is 0 Å². The number of benzene rings is 2. The summed E-state index contributed by atoms with van der Waals surface area (Å²) in [6.07, 6.45) is 6.24. The van der Waals surface area contributed by atoms with Crippen molar-refractivity contribution in [3.05, 3.63) is 54.1 Å². The van der Waals surface area contributed by atoms with Gasteiger partial charge in [0.1, 0.15) is 11.5 Å². The maximum absolute atomic E-state index is 5.35. The highest BCUT2D eigenvalue weighted by molar-refractivity contribution is 7.98. The number of aromatic nitrogens is 3. The van der Waals surface area contributed by atoms with Crippen molar-refractivity contribution < 1.29 is 9.47 Å². The summed E-state index contributed by atoms with van der Waals surface area (Å²) in [5, 5.41) is 10.2. The van der Waals surface area contributed by atoms with E-state index in [0.29, 0.717) is 6.04 Å². The molecule has 5 nitrogen and oxygen atoms in total. The van der Waals surface area contributed by atoms with E-state index in [-0.39, 0.29) is 0 Å². The summed E-state index contributed by atoms with van der Waals surface area (Å²) in [7, 11) is 3.39. The number of rotatable bonds is 7. The zero-order chi connectivity index (χ0) is 20.1. The van der Waals surface area contributed by atoms with Gasteiger partial charge in [-0.2, -0.15) is 0 Å². The molecule has 4 rings (SSSR count). The van der Waals surface area contributed by atoms with Gasteiger partial charge in [0.2, 0.25) is 0 Å². The van der Waals surface area contributed by atoms with E-state index in [2.05, 4.69) is 39.0 Å². The first-order valence-corrected chi connectivity index (χ1v) is 11.1. The number of ether oxygens (including phenoxy) is 2. The minimum absolute atomic E-state index is 0.462. The maximum Gasteiger partial charge on any atom is 0.192 e. The highest BCUT2D eigenvalue weighted by Gasteiger charge is 2.24. The predicted molar refractivity (Wildman–Crippen MR) is 117 cm³/mol. The van der Waals surface area contributed by atoms with Gasteiger partial charge in [0.05, 0.1) is 14.2 Å². The molecule has 0 radical (unpaired) electrons. The summed E-state index contributed by atoms with van der Waals surface area (Å²) >= 11 is 1.75. The lowest BCUT2D eigenvalue weighted by Crippen LogP contribution is -2.15. The average molecular weight is 410 g/mol. The minimum Gasteiger partial charge on any atom is -0.497 e. The molecule has 0 atom stereocenters. The van der Waals surface area contributed by atoms with Crippen LogP contribution in [0.5, 0.6) is 11.5 Å². The van der Waals surface area contributed by atoms with Crippen LogP contribution in [-0.4, -0.2) is 29.0 Å². The lowest BCUT2D eigenvalue weighted by Gasteiger charge is -2.25. The van der Waals surface area contributed by atoms with Gasteiger partial charge in [-0.3, -0.25) is 4.57 Å². The molecular weight excluding hydrogens is 382 g/mol. The van der Waals surface area contributed by atoms with Crippen LogP contribution in [0.3, 0.4) is 0 Å². The van der Waals surface area contributed by atoms with Crippen LogP contribution in [0.2, 0.25) is 0 Å². The zero-order valence-electron chi connectivity index (χ0n) is 17.0. The van der Waals surface area contributed by atoms with E-state index in [0.717, 1.165) is 33.8 Å². The first-order valence-electron chi connectivity index (χ1n) is 10.1. The number of thioether (sulfide) groups is 1. The van der Waals surface area contributed by atoms with Crippen molar-refractivity contribution in [1.82, 2.24) is 14.8 Å². The number of methoxy groups -OCH3 is 2. The van der Waals surface area contributed by atoms with Gasteiger partial charge in [0.25, 0.3) is 0 Å². The summed E-state index contributed by atoms with van der Waals surface area (Å²) in [4.78, 5) is 0. The van der Waals surface area contributed by atoms with Gasteiger partial charge in [0.15, 0.2) is 11.0 Å². The Bertz CT molecular complexity index is 934. The third-order valence-corrected chi connectivity index (χ3v) is 6.47. The Morgan fingerprint density at radius 1 is 0.931 bits per heavy atom. The normalized spacial score (nSPS) is 14.7. The van der Waals surface area contributed by atoms with Crippen molar-refractivity contribution in [2.45, 2.75) is 49.1 Å². The van der Waals surface area contributed by atoms with E-state index in [9.17, 15) is 0 Å². The molecule has 2 aromatic carbocycles. The van der Waals surface area contributed by atoms with Crippen LogP contribution in [0.25, 0.3) is 11.4 Å². The van der Waals surface area contributed by atoms with E-state index in [1.807, 2.05) is 24.3 Å². The smallest absolute Gasteiger partial charge is 0.192 e. The Balaban J connectivity index is 1.62.